The third-order valence-electron chi connectivity index (χ3n) is 4.10. The molecule has 0 aliphatic carbocycles. The van der Waals surface area contributed by atoms with Crippen molar-refractivity contribution in [1.82, 2.24) is 4.98 Å². The summed E-state index contributed by atoms with van der Waals surface area (Å²) in [5.74, 6) is -5.07. The Bertz CT molecular complexity index is 1060. The molecule has 0 saturated heterocycles. The molecule has 0 saturated carbocycles. The minimum atomic E-state index is -1.76. The fourth-order valence-corrected chi connectivity index (χ4v) is 2.62. The predicted octanol–water partition coefficient (Wildman–Crippen LogP) is 3.10. The van der Waals surface area contributed by atoms with E-state index in [9.17, 15) is 13.6 Å². The zero-order chi connectivity index (χ0) is 21.7. The first-order chi connectivity index (χ1) is 14.4. The SMILES string of the molecule is NCc1cccc(-c2cccc(Oc3nc(O[C@H](CO)C(=O)O)c(F)cc3F)c2)c1. The second kappa shape index (κ2) is 9.29. The molecular weight excluding hydrogens is 398 g/mol. The smallest absolute Gasteiger partial charge is 0.347 e. The van der Waals surface area contributed by atoms with Crippen LogP contribution in [0.2, 0.25) is 0 Å². The number of carbonyl (C=O) groups is 1. The van der Waals surface area contributed by atoms with E-state index in [0.29, 0.717) is 12.6 Å². The molecule has 0 aliphatic heterocycles. The number of nitrogens with zero attached hydrogens (tertiary/aromatic N) is 1. The molecule has 1 aromatic heterocycles. The summed E-state index contributed by atoms with van der Waals surface area (Å²) < 4.78 is 38.3. The largest absolute Gasteiger partial charge is 0.478 e. The van der Waals surface area contributed by atoms with Crippen molar-refractivity contribution in [2.75, 3.05) is 6.61 Å². The fourth-order valence-electron chi connectivity index (χ4n) is 2.62. The Morgan fingerprint density at radius 1 is 1.03 bits per heavy atom. The van der Waals surface area contributed by atoms with Crippen molar-refractivity contribution < 1.29 is 33.3 Å². The number of aromatic nitrogens is 1. The summed E-state index contributed by atoms with van der Waals surface area (Å²) in [5.41, 5.74) is 8.24. The first-order valence-corrected chi connectivity index (χ1v) is 8.85. The number of nitrogens with two attached hydrogens (primary N) is 1. The van der Waals surface area contributed by atoms with Gasteiger partial charge in [0.25, 0.3) is 11.8 Å². The van der Waals surface area contributed by atoms with E-state index in [1.54, 1.807) is 18.2 Å². The highest BCUT2D eigenvalue weighted by atomic mass is 19.1. The summed E-state index contributed by atoms with van der Waals surface area (Å²) in [5, 5.41) is 17.9. The molecule has 1 heterocycles. The van der Waals surface area contributed by atoms with E-state index in [0.717, 1.165) is 16.7 Å². The van der Waals surface area contributed by atoms with Crippen molar-refractivity contribution in [2.45, 2.75) is 12.6 Å². The number of aliphatic hydroxyl groups excluding tert-OH is 1. The number of hydrogen-bond donors (Lipinski definition) is 3. The first kappa shape index (κ1) is 21.2. The number of aliphatic hydroxyl groups is 1. The lowest BCUT2D eigenvalue weighted by molar-refractivity contribution is -0.147. The molecule has 0 amide bonds. The van der Waals surface area contributed by atoms with Crippen molar-refractivity contribution in [2.24, 2.45) is 5.73 Å². The van der Waals surface area contributed by atoms with Crippen LogP contribution in [-0.2, 0) is 11.3 Å². The molecule has 7 nitrogen and oxygen atoms in total. The molecule has 3 aromatic rings. The Labute approximate surface area is 170 Å². The average molecular weight is 416 g/mol. The summed E-state index contributed by atoms with van der Waals surface area (Å²) >= 11 is 0. The summed E-state index contributed by atoms with van der Waals surface area (Å²) in [7, 11) is 0. The van der Waals surface area contributed by atoms with E-state index in [1.807, 2.05) is 30.3 Å². The van der Waals surface area contributed by atoms with Crippen LogP contribution in [0.3, 0.4) is 0 Å². The summed E-state index contributed by atoms with van der Waals surface area (Å²) in [6.45, 7) is -0.545. The molecule has 4 N–H and O–H groups in total. The van der Waals surface area contributed by atoms with E-state index < -0.39 is 42.1 Å². The molecule has 156 valence electrons. The first-order valence-electron chi connectivity index (χ1n) is 8.85. The second-order valence-electron chi connectivity index (χ2n) is 6.22. The minimum absolute atomic E-state index is 0.214. The lowest BCUT2D eigenvalue weighted by Crippen LogP contribution is -2.31. The molecular formula is C21H18F2N2O5. The van der Waals surface area contributed by atoms with Crippen molar-refractivity contribution in [1.29, 1.82) is 0 Å². The van der Waals surface area contributed by atoms with Crippen LogP contribution < -0.4 is 15.2 Å². The minimum Gasteiger partial charge on any atom is -0.478 e. The van der Waals surface area contributed by atoms with Gasteiger partial charge in [-0.15, -0.1) is 0 Å². The van der Waals surface area contributed by atoms with Crippen LogP contribution in [0.25, 0.3) is 11.1 Å². The van der Waals surface area contributed by atoms with Crippen molar-refractivity contribution in [3.8, 4) is 28.6 Å². The van der Waals surface area contributed by atoms with Gasteiger partial charge in [0.15, 0.2) is 11.6 Å². The molecule has 0 aliphatic rings. The number of halogens is 2. The third kappa shape index (κ3) is 4.88. The van der Waals surface area contributed by atoms with Crippen LogP contribution in [0.15, 0.2) is 54.6 Å². The molecule has 0 spiro atoms. The Balaban J connectivity index is 1.89. The normalized spacial score (nSPS) is 11.7. The number of rotatable bonds is 8. The number of carboxylic acid groups (broad SMARTS) is 1. The van der Waals surface area contributed by atoms with Gasteiger partial charge in [-0.2, -0.15) is 4.98 Å². The maximum atomic E-state index is 14.2. The molecule has 9 heteroatoms. The van der Waals surface area contributed by atoms with Gasteiger partial charge >= 0.3 is 5.97 Å². The highest BCUT2D eigenvalue weighted by molar-refractivity contribution is 5.72. The Hall–Kier alpha value is -3.56. The molecule has 0 bridgehead atoms. The standard InChI is InChI=1S/C21H18F2N2O5/c22-16-9-17(23)20(30-18(11-26)21(27)28)25-19(16)29-15-6-2-5-14(8-15)13-4-1-3-12(7-13)10-24/h1-9,18,26H,10-11,24H2,(H,27,28)/t18-/m1/s1. The molecule has 30 heavy (non-hydrogen) atoms. The van der Waals surface area contributed by atoms with Crippen molar-refractivity contribution >= 4 is 5.97 Å². The van der Waals surface area contributed by atoms with Gasteiger partial charge in [0.1, 0.15) is 5.75 Å². The van der Waals surface area contributed by atoms with Crippen LogP contribution in [-0.4, -0.2) is 33.9 Å². The Morgan fingerprint density at radius 3 is 2.37 bits per heavy atom. The van der Waals surface area contributed by atoms with Crippen LogP contribution in [0.5, 0.6) is 17.5 Å². The van der Waals surface area contributed by atoms with Gasteiger partial charge in [-0.25, -0.2) is 13.6 Å². The molecule has 1 atom stereocenters. The fraction of sp³-hybridized carbons (Fsp3) is 0.143. The van der Waals surface area contributed by atoms with Gasteiger partial charge in [0.2, 0.25) is 6.10 Å². The van der Waals surface area contributed by atoms with Crippen molar-refractivity contribution in [3.05, 3.63) is 71.8 Å². The van der Waals surface area contributed by atoms with Crippen LogP contribution in [0.1, 0.15) is 5.56 Å². The summed E-state index contributed by atoms with van der Waals surface area (Å²) in [6.07, 6.45) is -1.76. The molecule has 2 aromatic carbocycles. The maximum absolute atomic E-state index is 14.2. The summed E-state index contributed by atoms with van der Waals surface area (Å²) in [4.78, 5) is 14.5. The third-order valence-corrected chi connectivity index (χ3v) is 4.10. The van der Waals surface area contributed by atoms with Gasteiger partial charge < -0.3 is 25.4 Å². The van der Waals surface area contributed by atoms with E-state index in [4.69, 9.17) is 25.4 Å². The van der Waals surface area contributed by atoms with Crippen LogP contribution in [0.4, 0.5) is 8.78 Å². The Kier molecular flexibility index (Phi) is 6.55. The number of hydrogen-bond acceptors (Lipinski definition) is 6. The second-order valence-corrected chi connectivity index (χ2v) is 6.22. The predicted molar refractivity (Wildman–Crippen MR) is 103 cm³/mol. The molecule has 0 radical (unpaired) electrons. The molecule has 0 unspecified atom stereocenters. The van der Waals surface area contributed by atoms with E-state index in [-0.39, 0.29) is 5.75 Å². The molecule has 0 fully saturated rings. The lowest BCUT2D eigenvalue weighted by atomic mass is 10.0. The topological polar surface area (TPSA) is 115 Å². The number of carboxylic acids is 1. The van der Waals surface area contributed by atoms with E-state index >= 15 is 0 Å². The highest BCUT2D eigenvalue weighted by Crippen LogP contribution is 2.30. The van der Waals surface area contributed by atoms with Gasteiger partial charge in [0.05, 0.1) is 6.61 Å². The van der Waals surface area contributed by atoms with Gasteiger partial charge in [-0.3, -0.25) is 0 Å². The van der Waals surface area contributed by atoms with E-state index in [1.165, 1.54) is 0 Å². The molecule has 3 rings (SSSR count). The highest BCUT2D eigenvalue weighted by Gasteiger charge is 2.23. The van der Waals surface area contributed by atoms with Gasteiger partial charge in [-0.05, 0) is 34.9 Å². The van der Waals surface area contributed by atoms with Gasteiger partial charge in [0, 0.05) is 12.6 Å². The van der Waals surface area contributed by atoms with Crippen LogP contribution in [0, 0.1) is 11.6 Å². The number of aliphatic carboxylic acids is 1. The maximum Gasteiger partial charge on any atom is 0.347 e. The average Bonchev–Trinajstić information content (AvgIpc) is 2.74. The summed E-state index contributed by atoms with van der Waals surface area (Å²) in [6, 6.07) is 14.7. The number of pyridine rings is 1. The Morgan fingerprint density at radius 2 is 1.70 bits per heavy atom. The van der Waals surface area contributed by atoms with E-state index in [2.05, 4.69) is 4.98 Å². The zero-order valence-corrected chi connectivity index (χ0v) is 15.6. The lowest BCUT2D eigenvalue weighted by Gasteiger charge is -2.14. The van der Waals surface area contributed by atoms with Gasteiger partial charge in [-0.1, -0.05) is 30.3 Å². The zero-order valence-electron chi connectivity index (χ0n) is 15.6. The quantitative estimate of drug-likeness (QED) is 0.517. The number of benzene rings is 2. The van der Waals surface area contributed by atoms with Crippen LogP contribution >= 0.6 is 0 Å². The number of ether oxygens (including phenoxy) is 2. The van der Waals surface area contributed by atoms with Crippen molar-refractivity contribution in [3.63, 3.8) is 0 Å². The monoisotopic (exact) mass is 416 g/mol.